The molecule has 0 radical (unpaired) electrons. The zero-order chi connectivity index (χ0) is 11.1. The maximum absolute atomic E-state index is 11.7. The van der Waals surface area contributed by atoms with E-state index in [1.807, 2.05) is 6.92 Å². The summed E-state index contributed by atoms with van der Waals surface area (Å²) in [6.45, 7) is 1.94. The van der Waals surface area contributed by atoms with Gasteiger partial charge >= 0.3 is 0 Å². The summed E-state index contributed by atoms with van der Waals surface area (Å²) in [5.41, 5.74) is 0.848. The molecule has 84 valence electrons. The van der Waals surface area contributed by atoms with Gasteiger partial charge in [-0.2, -0.15) is 0 Å². The molecule has 1 aromatic rings. The molecule has 1 aromatic heterocycles. The summed E-state index contributed by atoms with van der Waals surface area (Å²) in [6.07, 6.45) is -0.787. The molecule has 0 aliphatic heterocycles. The van der Waals surface area contributed by atoms with Crippen LogP contribution in [0.1, 0.15) is 5.69 Å². The van der Waals surface area contributed by atoms with Crippen molar-refractivity contribution in [1.82, 2.24) is 9.97 Å². The Morgan fingerprint density at radius 3 is 3.00 bits per heavy atom. The lowest BCUT2D eigenvalue weighted by Gasteiger charge is -2.05. The molecule has 0 aliphatic carbocycles. The van der Waals surface area contributed by atoms with Gasteiger partial charge in [-0.25, -0.2) is 18.7 Å². The van der Waals surface area contributed by atoms with Gasteiger partial charge in [0.1, 0.15) is 6.61 Å². The van der Waals surface area contributed by atoms with E-state index in [1.54, 1.807) is 12.3 Å². The fourth-order valence-electron chi connectivity index (χ4n) is 0.942. The molecule has 1 rings (SSSR count). The fourth-order valence-corrected chi connectivity index (χ4v) is 0.942. The predicted octanol–water partition coefficient (Wildman–Crippen LogP) is 1.48. The molecule has 0 unspecified atom stereocenters. The molecule has 0 aliphatic rings. The van der Waals surface area contributed by atoms with Crippen LogP contribution >= 0.6 is 0 Å². The smallest absolute Gasteiger partial charge is 0.261 e. The van der Waals surface area contributed by atoms with Crippen molar-refractivity contribution >= 4 is 5.95 Å². The Morgan fingerprint density at radius 1 is 1.53 bits per heavy atom. The van der Waals surface area contributed by atoms with Crippen LogP contribution in [0.25, 0.3) is 0 Å². The first kappa shape index (κ1) is 11.8. The number of halogens is 2. The normalized spacial score (nSPS) is 10.7. The van der Waals surface area contributed by atoms with Crippen LogP contribution in [0.5, 0.6) is 0 Å². The number of ether oxygens (including phenoxy) is 1. The zero-order valence-electron chi connectivity index (χ0n) is 8.41. The third-order valence-electron chi connectivity index (χ3n) is 1.57. The summed E-state index contributed by atoms with van der Waals surface area (Å²) in [7, 11) is 0. The van der Waals surface area contributed by atoms with Crippen molar-refractivity contribution in [2.45, 2.75) is 13.3 Å². The van der Waals surface area contributed by atoms with Gasteiger partial charge in [-0.3, -0.25) is 0 Å². The molecular weight excluding hydrogens is 204 g/mol. The molecule has 4 nitrogen and oxygen atoms in total. The lowest BCUT2D eigenvalue weighted by molar-refractivity contribution is 0.0214. The zero-order valence-corrected chi connectivity index (χ0v) is 8.41. The second kappa shape index (κ2) is 6.23. The summed E-state index contributed by atoms with van der Waals surface area (Å²) in [5.74, 6) is 0.482. The standard InChI is InChI=1S/C9H13F2N3O/c1-7-2-3-12-9(14-7)13-4-5-15-6-8(10)11/h2-3,8H,4-6H2,1H3,(H,12,13,14). The van der Waals surface area contributed by atoms with Gasteiger partial charge in [0.05, 0.1) is 6.61 Å². The average Bonchev–Trinajstić information content (AvgIpc) is 2.17. The van der Waals surface area contributed by atoms with Crippen LogP contribution in [-0.2, 0) is 4.74 Å². The maximum Gasteiger partial charge on any atom is 0.261 e. The number of aromatic nitrogens is 2. The highest BCUT2D eigenvalue weighted by Gasteiger charge is 2.01. The second-order valence-corrected chi connectivity index (χ2v) is 2.91. The highest BCUT2D eigenvalue weighted by Crippen LogP contribution is 1.98. The van der Waals surface area contributed by atoms with Crippen LogP contribution in [0.3, 0.4) is 0 Å². The third-order valence-corrected chi connectivity index (χ3v) is 1.57. The van der Waals surface area contributed by atoms with Crippen molar-refractivity contribution < 1.29 is 13.5 Å². The number of nitrogens with one attached hydrogen (secondary N) is 1. The van der Waals surface area contributed by atoms with Crippen LogP contribution in [-0.4, -0.2) is 36.2 Å². The van der Waals surface area contributed by atoms with Crippen molar-refractivity contribution in [2.24, 2.45) is 0 Å². The van der Waals surface area contributed by atoms with Gasteiger partial charge in [0, 0.05) is 18.4 Å². The van der Waals surface area contributed by atoms with E-state index in [1.165, 1.54) is 0 Å². The molecule has 1 N–H and O–H groups in total. The first-order valence-corrected chi connectivity index (χ1v) is 4.58. The van der Waals surface area contributed by atoms with E-state index in [4.69, 9.17) is 0 Å². The summed E-state index contributed by atoms with van der Waals surface area (Å²) >= 11 is 0. The maximum atomic E-state index is 11.7. The summed E-state index contributed by atoms with van der Waals surface area (Å²) < 4.78 is 28.0. The van der Waals surface area contributed by atoms with Crippen molar-refractivity contribution in [2.75, 3.05) is 25.1 Å². The third kappa shape index (κ3) is 5.21. The van der Waals surface area contributed by atoms with Gasteiger partial charge in [0.25, 0.3) is 6.43 Å². The van der Waals surface area contributed by atoms with Crippen molar-refractivity contribution in [3.63, 3.8) is 0 Å². The number of hydrogen-bond donors (Lipinski definition) is 1. The van der Waals surface area contributed by atoms with Crippen LogP contribution in [0.2, 0.25) is 0 Å². The molecule has 0 bridgehead atoms. The van der Waals surface area contributed by atoms with E-state index in [-0.39, 0.29) is 6.61 Å². The monoisotopic (exact) mass is 217 g/mol. The second-order valence-electron chi connectivity index (χ2n) is 2.91. The first-order valence-electron chi connectivity index (χ1n) is 4.58. The summed E-state index contributed by atoms with van der Waals surface area (Å²) in [6, 6.07) is 1.78. The number of rotatable bonds is 6. The van der Waals surface area contributed by atoms with Crippen LogP contribution in [0, 0.1) is 6.92 Å². The van der Waals surface area contributed by atoms with Gasteiger partial charge in [0.2, 0.25) is 5.95 Å². The van der Waals surface area contributed by atoms with Crippen LogP contribution in [0.4, 0.5) is 14.7 Å². The van der Waals surface area contributed by atoms with E-state index in [9.17, 15) is 8.78 Å². The lowest BCUT2D eigenvalue weighted by atomic mass is 10.5. The molecule has 0 saturated carbocycles. The van der Waals surface area contributed by atoms with Crippen LogP contribution < -0.4 is 5.32 Å². The number of nitrogens with zero attached hydrogens (tertiary/aromatic N) is 2. The number of anilines is 1. The van der Waals surface area contributed by atoms with E-state index in [2.05, 4.69) is 20.0 Å². The minimum absolute atomic E-state index is 0.210. The van der Waals surface area contributed by atoms with E-state index in [0.29, 0.717) is 12.5 Å². The molecule has 0 spiro atoms. The van der Waals surface area contributed by atoms with E-state index < -0.39 is 13.0 Å². The molecular formula is C9H13F2N3O. The highest BCUT2D eigenvalue weighted by molar-refractivity contribution is 5.24. The van der Waals surface area contributed by atoms with E-state index in [0.717, 1.165) is 5.69 Å². The van der Waals surface area contributed by atoms with E-state index >= 15 is 0 Å². The quantitative estimate of drug-likeness (QED) is 0.733. The number of alkyl halides is 2. The Kier molecular flexibility index (Phi) is 4.89. The Bertz CT molecular complexity index is 296. The SMILES string of the molecule is Cc1ccnc(NCCOCC(F)F)n1. The summed E-state index contributed by atoms with van der Waals surface area (Å²) in [4.78, 5) is 8.03. The predicted molar refractivity (Wildman–Crippen MR) is 52.1 cm³/mol. The largest absolute Gasteiger partial charge is 0.374 e. The molecule has 1 heterocycles. The Morgan fingerprint density at radius 2 is 2.33 bits per heavy atom. The topological polar surface area (TPSA) is 47.0 Å². The van der Waals surface area contributed by atoms with Gasteiger partial charge in [-0.05, 0) is 13.0 Å². The van der Waals surface area contributed by atoms with Crippen molar-refractivity contribution in [3.8, 4) is 0 Å². The van der Waals surface area contributed by atoms with Crippen molar-refractivity contribution in [3.05, 3.63) is 18.0 Å². The summed E-state index contributed by atoms with van der Waals surface area (Å²) in [5, 5.41) is 2.87. The molecule has 0 atom stereocenters. The molecule has 0 fully saturated rings. The molecule has 0 aromatic carbocycles. The Hall–Kier alpha value is -1.30. The average molecular weight is 217 g/mol. The fraction of sp³-hybridized carbons (Fsp3) is 0.556. The van der Waals surface area contributed by atoms with Gasteiger partial charge in [-0.15, -0.1) is 0 Å². The van der Waals surface area contributed by atoms with Crippen LogP contribution in [0.15, 0.2) is 12.3 Å². The minimum Gasteiger partial charge on any atom is -0.374 e. The van der Waals surface area contributed by atoms with Gasteiger partial charge in [-0.1, -0.05) is 0 Å². The number of hydrogen-bond acceptors (Lipinski definition) is 4. The Labute approximate surface area is 86.7 Å². The Balaban J connectivity index is 2.15. The number of aryl methyl sites for hydroxylation is 1. The lowest BCUT2D eigenvalue weighted by Crippen LogP contribution is -2.14. The van der Waals surface area contributed by atoms with Gasteiger partial charge < -0.3 is 10.1 Å². The van der Waals surface area contributed by atoms with Gasteiger partial charge in [0.15, 0.2) is 0 Å². The molecule has 0 amide bonds. The molecule has 6 heteroatoms. The first-order chi connectivity index (χ1) is 7.18. The van der Waals surface area contributed by atoms with Crippen molar-refractivity contribution in [1.29, 1.82) is 0 Å². The molecule has 15 heavy (non-hydrogen) atoms. The minimum atomic E-state index is -2.42. The highest BCUT2D eigenvalue weighted by atomic mass is 19.3. The molecule has 0 saturated heterocycles.